The van der Waals surface area contributed by atoms with E-state index in [1.807, 2.05) is 9.80 Å². The van der Waals surface area contributed by atoms with Crippen molar-refractivity contribution in [3.63, 3.8) is 0 Å². The molecule has 4 N–H and O–H groups in total. The molecule has 0 aliphatic carbocycles. The molecule has 0 bridgehead atoms. The van der Waals surface area contributed by atoms with Crippen molar-refractivity contribution < 1.29 is 19.4 Å². The minimum Gasteiger partial charge on any atom is -0.481 e. The second kappa shape index (κ2) is 11.5. The quantitative estimate of drug-likeness (QED) is 0.258. The highest BCUT2D eigenvalue weighted by Crippen LogP contribution is 2.23. The summed E-state index contributed by atoms with van der Waals surface area (Å²) < 4.78 is 5.58. The predicted molar refractivity (Wildman–Crippen MR) is 117 cm³/mol. The highest BCUT2D eigenvalue weighted by Gasteiger charge is 2.32. The number of unbranched alkanes of at least 4 members (excludes halogenated alkanes) is 1. The Kier molecular flexibility index (Phi) is 8.77. The van der Waals surface area contributed by atoms with Crippen molar-refractivity contribution in [3.8, 4) is 0 Å². The number of carboxylic acids is 1. The Bertz CT molecular complexity index is 617. The van der Waals surface area contributed by atoms with Gasteiger partial charge in [-0.25, -0.2) is 4.79 Å². The van der Waals surface area contributed by atoms with Gasteiger partial charge in [-0.2, -0.15) is 0 Å². The van der Waals surface area contributed by atoms with E-state index in [0.717, 1.165) is 78.0 Å². The van der Waals surface area contributed by atoms with Crippen LogP contribution < -0.4 is 5.73 Å². The number of aliphatic carboxylic acids is 1. The average Bonchev–Trinajstić information content (AvgIpc) is 3.09. The molecule has 3 aliphatic rings. The minimum absolute atomic E-state index is 0.0750. The van der Waals surface area contributed by atoms with Crippen LogP contribution in [0.1, 0.15) is 38.5 Å². The van der Waals surface area contributed by atoms with Crippen LogP contribution in [0.2, 0.25) is 0 Å². The number of likely N-dealkylation sites (tertiary alicyclic amines) is 1. The lowest BCUT2D eigenvalue weighted by molar-refractivity contribution is -0.137. The van der Waals surface area contributed by atoms with Crippen molar-refractivity contribution in [1.29, 1.82) is 5.41 Å². The molecular formula is C21H38N6O4. The number of ether oxygens (including phenoxy) is 1. The van der Waals surface area contributed by atoms with Crippen LogP contribution in [0.3, 0.4) is 0 Å². The number of carboxylic acid groups (broad SMARTS) is 1. The smallest absolute Gasteiger partial charge is 0.410 e. The molecule has 3 rings (SSSR count). The van der Waals surface area contributed by atoms with Gasteiger partial charge >= 0.3 is 12.1 Å². The van der Waals surface area contributed by atoms with E-state index in [0.29, 0.717) is 19.0 Å². The van der Waals surface area contributed by atoms with Gasteiger partial charge in [-0.1, -0.05) is 12.8 Å². The number of piperidine rings is 1. The molecule has 176 valence electrons. The summed E-state index contributed by atoms with van der Waals surface area (Å²) in [7, 11) is 0. The first-order valence-corrected chi connectivity index (χ1v) is 11.6. The number of nitrogens with two attached hydrogens (primary N) is 1. The molecule has 0 radical (unpaired) electrons. The number of carbonyl (C=O) groups excluding carboxylic acids is 1. The first-order valence-electron chi connectivity index (χ1n) is 11.6. The Hall–Kier alpha value is -2.07. The van der Waals surface area contributed by atoms with Gasteiger partial charge in [0, 0.05) is 58.9 Å². The lowest BCUT2D eigenvalue weighted by Crippen LogP contribution is -2.49. The van der Waals surface area contributed by atoms with Crippen molar-refractivity contribution in [2.75, 3.05) is 65.4 Å². The summed E-state index contributed by atoms with van der Waals surface area (Å²) in [4.78, 5) is 31.2. The molecule has 1 unspecified atom stereocenters. The fourth-order valence-corrected chi connectivity index (χ4v) is 4.79. The third-order valence-corrected chi connectivity index (χ3v) is 6.76. The molecule has 3 saturated heterocycles. The molecule has 3 fully saturated rings. The topological polar surface area (TPSA) is 126 Å². The van der Waals surface area contributed by atoms with Crippen molar-refractivity contribution >= 4 is 18.0 Å². The molecule has 3 aliphatic heterocycles. The second-order valence-corrected chi connectivity index (χ2v) is 9.05. The van der Waals surface area contributed by atoms with Crippen LogP contribution in [-0.4, -0.2) is 114 Å². The van der Waals surface area contributed by atoms with E-state index in [2.05, 4.69) is 9.80 Å². The van der Waals surface area contributed by atoms with Crippen LogP contribution in [0.5, 0.6) is 0 Å². The van der Waals surface area contributed by atoms with Gasteiger partial charge in [0.25, 0.3) is 0 Å². The van der Waals surface area contributed by atoms with E-state index < -0.39 is 5.97 Å². The number of cyclic esters (lactones) is 1. The van der Waals surface area contributed by atoms with Gasteiger partial charge in [-0.05, 0) is 25.2 Å². The average molecular weight is 439 g/mol. The van der Waals surface area contributed by atoms with E-state index >= 15 is 0 Å². The van der Waals surface area contributed by atoms with Gasteiger partial charge in [-0.3, -0.25) is 15.1 Å². The Morgan fingerprint density at radius 3 is 2.39 bits per heavy atom. The van der Waals surface area contributed by atoms with E-state index in [1.165, 1.54) is 6.42 Å². The number of amides is 1. The zero-order valence-electron chi connectivity index (χ0n) is 18.5. The lowest BCUT2D eigenvalue weighted by atomic mass is 9.91. The fourth-order valence-electron chi connectivity index (χ4n) is 4.79. The van der Waals surface area contributed by atoms with Gasteiger partial charge < -0.3 is 30.3 Å². The second-order valence-electron chi connectivity index (χ2n) is 9.05. The predicted octanol–water partition coefficient (Wildman–Crippen LogP) is 0.675. The molecular weight excluding hydrogens is 400 g/mol. The largest absolute Gasteiger partial charge is 0.481 e. The lowest BCUT2D eigenvalue weighted by Gasteiger charge is -2.35. The highest BCUT2D eigenvalue weighted by atomic mass is 16.6. The normalized spacial score (nSPS) is 23.9. The van der Waals surface area contributed by atoms with Crippen LogP contribution in [0.25, 0.3) is 0 Å². The molecule has 0 spiro atoms. The standard InChI is InChI=1S/C21H38N6O4/c22-20(23)26-9-4-17(5-10-26)3-1-2-7-27-16-18(31-21(27)30)15-25-13-11-24(12-14-25)8-6-19(28)29/h17-18H,1-16H2,(H3,22,23)(H,28,29). The van der Waals surface area contributed by atoms with Crippen molar-refractivity contribution in [2.45, 2.75) is 44.6 Å². The summed E-state index contributed by atoms with van der Waals surface area (Å²) >= 11 is 0. The van der Waals surface area contributed by atoms with Crippen LogP contribution in [0.15, 0.2) is 0 Å². The molecule has 0 saturated carbocycles. The van der Waals surface area contributed by atoms with Gasteiger partial charge in [-0.15, -0.1) is 0 Å². The van der Waals surface area contributed by atoms with Gasteiger partial charge in [0.2, 0.25) is 0 Å². The fraction of sp³-hybridized carbons (Fsp3) is 0.857. The van der Waals surface area contributed by atoms with Crippen LogP contribution in [0, 0.1) is 11.3 Å². The van der Waals surface area contributed by atoms with Crippen molar-refractivity contribution in [3.05, 3.63) is 0 Å². The zero-order valence-corrected chi connectivity index (χ0v) is 18.5. The molecule has 0 aromatic heterocycles. The summed E-state index contributed by atoms with van der Waals surface area (Å²) in [5.74, 6) is 0.127. The highest BCUT2D eigenvalue weighted by molar-refractivity contribution is 5.74. The molecule has 0 aromatic rings. The number of guanidine groups is 1. The molecule has 31 heavy (non-hydrogen) atoms. The van der Waals surface area contributed by atoms with Crippen LogP contribution >= 0.6 is 0 Å². The zero-order chi connectivity index (χ0) is 22.2. The molecule has 1 atom stereocenters. The molecule has 10 nitrogen and oxygen atoms in total. The van der Waals surface area contributed by atoms with E-state index in [9.17, 15) is 9.59 Å². The minimum atomic E-state index is -0.751. The number of piperazine rings is 1. The maximum absolute atomic E-state index is 12.2. The Morgan fingerprint density at radius 1 is 1.06 bits per heavy atom. The first-order chi connectivity index (χ1) is 14.9. The number of hydrogen-bond acceptors (Lipinski definition) is 6. The summed E-state index contributed by atoms with van der Waals surface area (Å²) in [6.45, 7) is 8.04. The maximum atomic E-state index is 12.2. The first kappa shape index (κ1) is 23.6. The van der Waals surface area contributed by atoms with Crippen molar-refractivity contribution in [1.82, 2.24) is 19.6 Å². The molecule has 10 heteroatoms. The number of carbonyl (C=O) groups is 2. The number of nitrogens with one attached hydrogen (secondary N) is 1. The third kappa shape index (κ3) is 7.53. The summed E-state index contributed by atoms with van der Waals surface area (Å²) in [5.41, 5.74) is 5.55. The Morgan fingerprint density at radius 2 is 1.74 bits per heavy atom. The molecule has 3 heterocycles. The van der Waals surface area contributed by atoms with Crippen molar-refractivity contribution in [2.24, 2.45) is 11.7 Å². The van der Waals surface area contributed by atoms with Crippen LogP contribution in [-0.2, 0) is 9.53 Å². The van der Waals surface area contributed by atoms with Gasteiger partial charge in [0.05, 0.1) is 13.0 Å². The van der Waals surface area contributed by atoms with Gasteiger partial charge in [0.1, 0.15) is 6.10 Å². The molecule has 0 aromatic carbocycles. The summed E-state index contributed by atoms with van der Waals surface area (Å²) in [5, 5.41) is 16.3. The molecule has 1 amide bonds. The number of rotatable bonds is 10. The third-order valence-electron chi connectivity index (χ3n) is 6.76. The van der Waals surface area contributed by atoms with E-state index in [-0.39, 0.29) is 24.6 Å². The number of nitrogens with zero attached hydrogens (tertiary/aromatic N) is 4. The number of hydrogen-bond donors (Lipinski definition) is 3. The van der Waals surface area contributed by atoms with Gasteiger partial charge in [0.15, 0.2) is 5.96 Å². The summed E-state index contributed by atoms with van der Waals surface area (Å²) in [6.07, 6.45) is 5.38. The maximum Gasteiger partial charge on any atom is 0.410 e. The van der Waals surface area contributed by atoms with E-state index in [1.54, 1.807) is 0 Å². The van der Waals surface area contributed by atoms with Crippen LogP contribution in [0.4, 0.5) is 4.79 Å². The Labute approximate surface area is 184 Å². The Balaban J connectivity index is 1.26. The monoisotopic (exact) mass is 438 g/mol. The SMILES string of the molecule is N=C(N)N1CCC(CCCCN2CC(CN3CCN(CCC(=O)O)CC3)OC2=O)CC1. The summed E-state index contributed by atoms with van der Waals surface area (Å²) in [6, 6.07) is 0. The van der Waals surface area contributed by atoms with E-state index in [4.69, 9.17) is 21.0 Å².